The summed E-state index contributed by atoms with van der Waals surface area (Å²) in [4.78, 5) is 11.6. The van der Waals surface area contributed by atoms with E-state index < -0.39 is 10.0 Å². The quantitative estimate of drug-likeness (QED) is 0.606. The number of hydrogen-bond donors (Lipinski definition) is 3. The number of carbonyl (C=O) groups excluding carboxylic acids is 1. The van der Waals surface area contributed by atoms with Crippen molar-refractivity contribution in [2.75, 3.05) is 25.1 Å². The molecule has 18 heavy (non-hydrogen) atoms. The SMILES string of the molecule is CNS(=O)(=O)CCNC(=O)Cc1ccccc1N. The molecule has 1 rings (SSSR count). The molecule has 0 unspecified atom stereocenters. The number of hydrogen-bond acceptors (Lipinski definition) is 4. The minimum absolute atomic E-state index is 0.0781. The Balaban J connectivity index is 2.42. The van der Waals surface area contributed by atoms with Gasteiger partial charge in [0.25, 0.3) is 0 Å². The third-order valence-corrected chi connectivity index (χ3v) is 3.77. The lowest BCUT2D eigenvalue weighted by molar-refractivity contribution is -0.120. The van der Waals surface area contributed by atoms with Gasteiger partial charge in [-0.15, -0.1) is 0 Å². The monoisotopic (exact) mass is 271 g/mol. The van der Waals surface area contributed by atoms with Gasteiger partial charge in [-0.1, -0.05) is 18.2 Å². The molecule has 0 aliphatic rings. The summed E-state index contributed by atoms with van der Waals surface area (Å²) in [6, 6.07) is 7.06. The molecule has 100 valence electrons. The third-order valence-electron chi connectivity index (χ3n) is 2.41. The molecule has 1 amide bonds. The second-order valence-corrected chi connectivity index (χ2v) is 5.79. The first-order valence-electron chi connectivity index (χ1n) is 5.46. The number of benzene rings is 1. The molecule has 0 spiro atoms. The Morgan fingerprint density at radius 1 is 1.33 bits per heavy atom. The van der Waals surface area contributed by atoms with E-state index in [0.717, 1.165) is 5.56 Å². The summed E-state index contributed by atoms with van der Waals surface area (Å²) < 4.78 is 24.4. The van der Waals surface area contributed by atoms with Crippen LogP contribution in [-0.2, 0) is 21.2 Å². The van der Waals surface area contributed by atoms with E-state index in [1.165, 1.54) is 7.05 Å². The smallest absolute Gasteiger partial charge is 0.224 e. The largest absolute Gasteiger partial charge is 0.398 e. The number of nitrogens with two attached hydrogens (primary N) is 1. The van der Waals surface area contributed by atoms with Gasteiger partial charge < -0.3 is 11.1 Å². The van der Waals surface area contributed by atoms with Gasteiger partial charge in [-0.25, -0.2) is 13.1 Å². The summed E-state index contributed by atoms with van der Waals surface area (Å²) in [5.41, 5.74) is 6.98. The van der Waals surface area contributed by atoms with Crippen molar-refractivity contribution in [3.63, 3.8) is 0 Å². The number of carbonyl (C=O) groups is 1. The van der Waals surface area contributed by atoms with Crippen molar-refractivity contribution in [2.24, 2.45) is 0 Å². The molecule has 0 bridgehead atoms. The predicted molar refractivity (Wildman–Crippen MR) is 70.4 cm³/mol. The van der Waals surface area contributed by atoms with Crippen LogP contribution in [-0.4, -0.2) is 33.7 Å². The molecule has 0 aromatic heterocycles. The fraction of sp³-hybridized carbons (Fsp3) is 0.364. The number of sulfonamides is 1. The zero-order valence-corrected chi connectivity index (χ0v) is 11.0. The fourth-order valence-corrected chi connectivity index (χ4v) is 1.93. The first-order chi connectivity index (χ1) is 8.44. The zero-order chi connectivity index (χ0) is 13.6. The lowest BCUT2D eigenvalue weighted by atomic mass is 10.1. The van der Waals surface area contributed by atoms with Gasteiger partial charge >= 0.3 is 0 Å². The molecule has 6 nitrogen and oxygen atoms in total. The number of amides is 1. The lowest BCUT2D eigenvalue weighted by Gasteiger charge is -2.07. The Kier molecular flexibility index (Phi) is 5.11. The Bertz CT molecular complexity index is 514. The van der Waals surface area contributed by atoms with Crippen molar-refractivity contribution in [1.82, 2.24) is 10.0 Å². The molecule has 4 N–H and O–H groups in total. The van der Waals surface area contributed by atoms with E-state index in [2.05, 4.69) is 10.0 Å². The summed E-state index contributed by atoms with van der Waals surface area (Å²) >= 11 is 0. The van der Waals surface area contributed by atoms with Crippen LogP contribution in [0, 0.1) is 0 Å². The number of nitrogens with one attached hydrogen (secondary N) is 2. The van der Waals surface area contributed by atoms with Crippen LogP contribution in [0.15, 0.2) is 24.3 Å². The van der Waals surface area contributed by atoms with Crippen molar-refractivity contribution in [2.45, 2.75) is 6.42 Å². The van der Waals surface area contributed by atoms with Crippen LogP contribution in [0.2, 0.25) is 0 Å². The number of para-hydroxylation sites is 1. The van der Waals surface area contributed by atoms with E-state index in [4.69, 9.17) is 5.73 Å². The van der Waals surface area contributed by atoms with Gasteiger partial charge in [0.2, 0.25) is 15.9 Å². The number of anilines is 1. The summed E-state index contributed by atoms with van der Waals surface area (Å²) in [5, 5.41) is 2.54. The van der Waals surface area contributed by atoms with Gasteiger partial charge in [0, 0.05) is 12.2 Å². The Hall–Kier alpha value is -1.60. The van der Waals surface area contributed by atoms with Crippen LogP contribution >= 0.6 is 0 Å². The van der Waals surface area contributed by atoms with Gasteiger partial charge in [-0.3, -0.25) is 4.79 Å². The summed E-state index contributed by atoms with van der Waals surface area (Å²) in [6.07, 6.45) is 0.145. The molecule has 0 fully saturated rings. The number of rotatable bonds is 6. The van der Waals surface area contributed by atoms with E-state index in [0.29, 0.717) is 5.69 Å². The van der Waals surface area contributed by atoms with Crippen molar-refractivity contribution in [3.8, 4) is 0 Å². The molecule has 1 aromatic rings. The van der Waals surface area contributed by atoms with Crippen molar-refractivity contribution < 1.29 is 13.2 Å². The van der Waals surface area contributed by atoms with Gasteiger partial charge in [-0.05, 0) is 18.7 Å². The highest BCUT2D eigenvalue weighted by molar-refractivity contribution is 7.89. The van der Waals surface area contributed by atoms with Crippen LogP contribution < -0.4 is 15.8 Å². The summed E-state index contributed by atoms with van der Waals surface area (Å²) in [5.74, 6) is -0.390. The van der Waals surface area contributed by atoms with Gasteiger partial charge in [0.1, 0.15) is 0 Å². The molecule has 1 aromatic carbocycles. The predicted octanol–water partition coefficient (Wildman–Crippen LogP) is -0.523. The maximum atomic E-state index is 11.6. The highest BCUT2D eigenvalue weighted by Crippen LogP contribution is 2.10. The van der Waals surface area contributed by atoms with Crippen molar-refractivity contribution >= 4 is 21.6 Å². The van der Waals surface area contributed by atoms with Crippen LogP contribution in [0.1, 0.15) is 5.56 Å². The minimum atomic E-state index is -3.29. The molecule has 7 heteroatoms. The molecule has 0 heterocycles. The highest BCUT2D eigenvalue weighted by Gasteiger charge is 2.09. The van der Waals surface area contributed by atoms with Crippen molar-refractivity contribution in [1.29, 1.82) is 0 Å². The maximum absolute atomic E-state index is 11.6. The molecular weight excluding hydrogens is 254 g/mol. The summed E-state index contributed by atoms with van der Waals surface area (Å²) in [6.45, 7) is 0.0781. The van der Waals surface area contributed by atoms with Crippen LogP contribution in [0.5, 0.6) is 0 Å². The molecule has 0 saturated carbocycles. The first-order valence-corrected chi connectivity index (χ1v) is 7.11. The van der Waals surface area contributed by atoms with E-state index in [-0.39, 0.29) is 24.6 Å². The number of nitrogen functional groups attached to an aromatic ring is 1. The maximum Gasteiger partial charge on any atom is 0.224 e. The minimum Gasteiger partial charge on any atom is -0.398 e. The van der Waals surface area contributed by atoms with Crippen molar-refractivity contribution in [3.05, 3.63) is 29.8 Å². The average Bonchev–Trinajstić information content (AvgIpc) is 2.32. The first kappa shape index (κ1) is 14.5. The molecule has 0 radical (unpaired) electrons. The second-order valence-electron chi connectivity index (χ2n) is 3.75. The standard InChI is InChI=1S/C11H17N3O3S/c1-13-18(16,17)7-6-14-11(15)8-9-4-2-3-5-10(9)12/h2-5,13H,6-8,12H2,1H3,(H,14,15). The second kappa shape index (κ2) is 6.36. The Morgan fingerprint density at radius 2 is 2.00 bits per heavy atom. The van der Waals surface area contributed by atoms with Gasteiger partial charge in [-0.2, -0.15) is 0 Å². The molecule has 0 saturated heterocycles. The van der Waals surface area contributed by atoms with Gasteiger partial charge in [0.05, 0.1) is 12.2 Å². The Labute approximate surface area is 107 Å². The fourth-order valence-electron chi connectivity index (χ4n) is 1.36. The van der Waals surface area contributed by atoms with E-state index in [1.54, 1.807) is 24.3 Å². The summed E-state index contributed by atoms with van der Waals surface area (Å²) in [7, 11) is -1.95. The van der Waals surface area contributed by atoms with E-state index >= 15 is 0 Å². The average molecular weight is 271 g/mol. The highest BCUT2D eigenvalue weighted by atomic mass is 32.2. The van der Waals surface area contributed by atoms with Crippen LogP contribution in [0.3, 0.4) is 0 Å². The van der Waals surface area contributed by atoms with Crippen LogP contribution in [0.25, 0.3) is 0 Å². The third kappa shape index (κ3) is 4.72. The molecule has 0 aliphatic carbocycles. The van der Waals surface area contributed by atoms with E-state index in [1.807, 2.05) is 0 Å². The molecule has 0 aliphatic heterocycles. The lowest BCUT2D eigenvalue weighted by Crippen LogP contribution is -2.33. The zero-order valence-electron chi connectivity index (χ0n) is 10.1. The van der Waals surface area contributed by atoms with E-state index in [9.17, 15) is 13.2 Å². The molecular formula is C11H17N3O3S. The van der Waals surface area contributed by atoms with Gasteiger partial charge in [0.15, 0.2) is 0 Å². The Morgan fingerprint density at radius 3 is 2.61 bits per heavy atom. The topological polar surface area (TPSA) is 101 Å². The van der Waals surface area contributed by atoms with Crippen LogP contribution in [0.4, 0.5) is 5.69 Å². The molecule has 0 atom stereocenters. The normalized spacial score (nSPS) is 11.2.